The van der Waals surface area contributed by atoms with Crippen molar-refractivity contribution in [2.75, 3.05) is 26.7 Å². The maximum absolute atomic E-state index is 11.3. The number of aryl methyl sites for hydroxylation is 1. The number of carbonyl (C=O) groups is 1. The Kier molecular flexibility index (Phi) is 6.71. The molecule has 0 saturated carbocycles. The number of oxazole rings is 1. The summed E-state index contributed by atoms with van der Waals surface area (Å²) < 4.78 is 11.8. The normalized spacial score (nSPS) is 14.6. The first-order valence-electron chi connectivity index (χ1n) is 10.9. The Morgan fingerprint density at radius 2 is 1.94 bits per heavy atom. The number of nitrogens with zero attached hydrogens (tertiary/aromatic N) is 2. The Hall–Kier alpha value is -3.38. The average Bonchev–Trinajstić information content (AvgIpc) is 3.15. The van der Waals surface area contributed by atoms with Gasteiger partial charge < -0.3 is 19.2 Å². The first-order valence-corrected chi connectivity index (χ1v) is 10.9. The van der Waals surface area contributed by atoms with Crippen molar-refractivity contribution in [2.45, 2.75) is 26.2 Å². The Bertz CT molecular complexity index is 1120. The van der Waals surface area contributed by atoms with Crippen molar-refractivity contribution in [3.8, 4) is 17.2 Å². The Morgan fingerprint density at radius 1 is 1.16 bits per heavy atom. The molecule has 0 unspecified atom stereocenters. The van der Waals surface area contributed by atoms with E-state index >= 15 is 0 Å². The van der Waals surface area contributed by atoms with Crippen LogP contribution >= 0.6 is 0 Å². The van der Waals surface area contributed by atoms with Crippen molar-refractivity contribution >= 4 is 11.5 Å². The molecule has 6 nitrogen and oxygen atoms in total. The second kappa shape index (κ2) is 9.83. The molecule has 0 saturated heterocycles. The third kappa shape index (κ3) is 5.26. The van der Waals surface area contributed by atoms with Gasteiger partial charge in [-0.3, -0.25) is 4.79 Å². The summed E-state index contributed by atoms with van der Waals surface area (Å²) in [5.41, 5.74) is 4.97. The van der Waals surface area contributed by atoms with Crippen LogP contribution in [0.25, 0.3) is 17.0 Å². The highest BCUT2D eigenvalue weighted by Gasteiger charge is 2.20. The lowest BCUT2D eigenvalue weighted by molar-refractivity contribution is -0.136. The predicted molar refractivity (Wildman–Crippen MR) is 124 cm³/mol. The second-order valence-corrected chi connectivity index (χ2v) is 8.15. The number of likely N-dealkylation sites (N-methyl/N-ethyl adjacent to an activating group) is 1. The van der Waals surface area contributed by atoms with E-state index in [1.807, 2.05) is 68.6 Å². The first-order chi connectivity index (χ1) is 15.5. The quantitative estimate of drug-likeness (QED) is 0.549. The summed E-state index contributed by atoms with van der Waals surface area (Å²) in [7, 11) is 2.02. The van der Waals surface area contributed by atoms with E-state index < -0.39 is 5.97 Å². The van der Waals surface area contributed by atoms with Gasteiger partial charge in [-0.25, -0.2) is 4.98 Å². The van der Waals surface area contributed by atoms with Crippen molar-refractivity contribution in [3.05, 3.63) is 77.2 Å². The van der Waals surface area contributed by atoms with Gasteiger partial charge in [0, 0.05) is 25.1 Å². The van der Waals surface area contributed by atoms with E-state index in [4.69, 9.17) is 9.15 Å². The lowest BCUT2D eigenvalue weighted by Crippen LogP contribution is -2.28. The minimum atomic E-state index is -0.793. The topological polar surface area (TPSA) is 75.8 Å². The average molecular weight is 433 g/mol. The largest absolute Gasteiger partial charge is 0.493 e. The molecule has 0 bridgehead atoms. The molecule has 3 aromatic rings. The molecule has 2 heterocycles. The number of aliphatic carboxylic acids is 1. The van der Waals surface area contributed by atoms with Gasteiger partial charge in [-0.05, 0) is 61.4 Å². The molecule has 1 aliphatic heterocycles. The summed E-state index contributed by atoms with van der Waals surface area (Å²) in [6, 6.07) is 17.8. The molecular weight excluding hydrogens is 404 g/mol. The van der Waals surface area contributed by atoms with Gasteiger partial charge in [-0.1, -0.05) is 30.3 Å². The van der Waals surface area contributed by atoms with E-state index in [2.05, 4.69) is 9.88 Å². The summed E-state index contributed by atoms with van der Waals surface area (Å²) in [5.74, 6) is 1.40. The van der Waals surface area contributed by atoms with Gasteiger partial charge in [0.25, 0.3) is 0 Å². The molecule has 1 aromatic heterocycles. The number of carboxylic acids is 1. The van der Waals surface area contributed by atoms with Crippen molar-refractivity contribution in [2.24, 2.45) is 0 Å². The maximum Gasteiger partial charge on any atom is 0.307 e. The summed E-state index contributed by atoms with van der Waals surface area (Å²) in [4.78, 5) is 18.1. The molecule has 0 radical (unpaired) electrons. The van der Waals surface area contributed by atoms with Crippen LogP contribution in [0.4, 0.5) is 0 Å². The standard InChI is InChI=1S/C26H28N2O4/c1-18-24(27-26(32-18)19-7-4-3-5-8-19)12-14-31-22-10-6-9-20(15-22)23-11-13-28(2)17-21(23)16-25(29)30/h3-10,15H,11-14,16-17H2,1-2H3,(H,29,30). The van der Waals surface area contributed by atoms with Gasteiger partial charge in [0.2, 0.25) is 5.89 Å². The van der Waals surface area contributed by atoms with Gasteiger partial charge in [-0.15, -0.1) is 0 Å². The van der Waals surface area contributed by atoms with Gasteiger partial charge >= 0.3 is 5.97 Å². The Labute approximate surface area is 188 Å². The predicted octanol–water partition coefficient (Wildman–Crippen LogP) is 4.84. The molecule has 0 fully saturated rings. The van der Waals surface area contributed by atoms with Crippen LogP contribution in [0.15, 0.2) is 64.6 Å². The molecule has 1 aliphatic rings. The molecule has 0 atom stereocenters. The number of hydrogen-bond donors (Lipinski definition) is 1. The van der Waals surface area contributed by atoms with Crippen molar-refractivity contribution in [3.63, 3.8) is 0 Å². The van der Waals surface area contributed by atoms with E-state index in [1.54, 1.807) is 0 Å². The molecule has 6 heteroatoms. The van der Waals surface area contributed by atoms with Crippen molar-refractivity contribution < 1.29 is 19.1 Å². The Balaban J connectivity index is 1.44. The number of hydrogen-bond acceptors (Lipinski definition) is 5. The molecule has 4 rings (SSSR count). The zero-order valence-electron chi connectivity index (χ0n) is 18.5. The van der Waals surface area contributed by atoms with Gasteiger partial charge in [0.1, 0.15) is 11.5 Å². The number of aromatic nitrogens is 1. The number of benzene rings is 2. The van der Waals surface area contributed by atoms with Crippen LogP contribution in [0, 0.1) is 6.92 Å². The van der Waals surface area contributed by atoms with Gasteiger partial charge in [-0.2, -0.15) is 0 Å². The van der Waals surface area contributed by atoms with E-state index in [9.17, 15) is 9.90 Å². The first kappa shape index (κ1) is 21.8. The molecule has 0 amide bonds. The molecule has 166 valence electrons. The molecular formula is C26H28N2O4. The fourth-order valence-corrected chi connectivity index (χ4v) is 4.08. The van der Waals surface area contributed by atoms with Crippen LogP contribution in [-0.2, 0) is 11.2 Å². The van der Waals surface area contributed by atoms with Crippen LogP contribution in [-0.4, -0.2) is 47.7 Å². The fraction of sp³-hybridized carbons (Fsp3) is 0.308. The van der Waals surface area contributed by atoms with Crippen molar-refractivity contribution in [1.82, 2.24) is 9.88 Å². The van der Waals surface area contributed by atoms with E-state index in [-0.39, 0.29) is 6.42 Å². The minimum Gasteiger partial charge on any atom is -0.493 e. The van der Waals surface area contributed by atoms with E-state index in [0.717, 1.165) is 52.4 Å². The third-order valence-electron chi connectivity index (χ3n) is 5.70. The van der Waals surface area contributed by atoms with E-state index in [1.165, 1.54) is 0 Å². The van der Waals surface area contributed by atoms with Crippen LogP contribution in [0.2, 0.25) is 0 Å². The summed E-state index contributed by atoms with van der Waals surface area (Å²) in [6.45, 7) is 4.00. The smallest absolute Gasteiger partial charge is 0.307 e. The number of ether oxygens (including phenoxy) is 1. The number of rotatable bonds is 8. The Morgan fingerprint density at radius 3 is 2.72 bits per heavy atom. The monoisotopic (exact) mass is 432 g/mol. The lowest BCUT2D eigenvalue weighted by Gasteiger charge is -2.27. The molecule has 1 N–H and O–H groups in total. The lowest BCUT2D eigenvalue weighted by atomic mass is 9.92. The second-order valence-electron chi connectivity index (χ2n) is 8.15. The summed E-state index contributed by atoms with van der Waals surface area (Å²) in [5, 5.41) is 9.30. The highest BCUT2D eigenvalue weighted by Crippen LogP contribution is 2.31. The van der Waals surface area contributed by atoms with Crippen LogP contribution in [0.5, 0.6) is 5.75 Å². The highest BCUT2D eigenvalue weighted by molar-refractivity contribution is 5.78. The van der Waals surface area contributed by atoms with Gasteiger partial charge in [0.15, 0.2) is 0 Å². The zero-order valence-corrected chi connectivity index (χ0v) is 18.5. The zero-order chi connectivity index (χ0) is 22.5. The molecule has 32 heavy (non-hydrogen) atoms. The molecule has 0 spiro atoms. The molecule has 2 aromatic carbocycles. The maximum atomic E-state index is 11.3. The summed E-state index contributed by atoms with van der Waals surface area (Å²) in [6.07, 6.45) is 1.55. The summed E-state index contributed by atoms with van der Waals surface area (Å²) >= 11 is 0. The SMILES string of the molecule is Cc1oc(-c2ccccc2)nc1CCOc1cccc(C2=C(CC(=O)O)CN(C)CC2)c1. The van der Waals surface area contributed by atoms with Crippen LogP contribution in [0.1, 0.15) is 29.9 Å². The minimum absolute atomic E-state index is 0.0694. The van der Waals surface area contributed by atoms with E-state index in [0.29, 0.717) is 25.5 Å². The molecule has 0 aliphatic carbocycles. The fourth-order valence-electron chi connectivity index (χ4n) is 4.08. The third-order valence-corrected chi connectivity index (χ3v) is 5.70. The van der Waals surface area contributed by atoms with Crippen LogP contribution in [0.3, 0.4) is 0 Å². The number of carboxylic acid groups (broad SMARTS) is 1. The highest BCUT2D eigenvalue weighted by atomic mass is 16.5. The van der Waals surface area contributed by atoms with Crippen LogP contribution < -0.4 is 4.74 Å². The van der Waals surface area contributed by atoms with Gasteiger partial charge in [0.05, 0.1) is 18.7 Å². The van der Waals surface area contributed by atoms with Crippen molar-refractivity contribution in [1.29, 1.82) is 0 Å².